The van der Waals surface area contributed by atoms with Crippen LogP contribution < -0.4 is 5.32 Å². The largest absolute Gasteiger partial charge is 0.368 e. The topological polar surface area (TPSA) is 38.3 Å². The standard InChI is InChI=1S/C12H14ClNO2/c13-8-9-3-1-4-10(7-9)14-12(15)11-5-2-6-16-11/h1,3-4,7,11H,2,5-6,8H2,(H,14,15). The Hall–Kier alpha value is -1.06. The summed E-state index contributed by atoms with van der Waals surface area (Å²) < 4.78 is 5.31. The highest BCUT2D eigenvalue weighted by molar-refractivity contribution is 6.17. The predicted octanol–water partition coefficient (Wildman–Crippen LogP) is 2.54. The van der Waals surface area contributed by atoms with Crippen molar-refractivity contribution in [2.45, 2.75) is 24.8 Å². The third kappa shape index (κ3) is 2.74. The second kappa shape index (κ2) is 5.32. The van der Waals surface area contributed by atoms with E-state index in [0.717, 1.165) is 24.1 Å². The quantitative estimate of drug-likeness (QED) is 0.824. The summed E-state index contributed by atoms with van der Waals surface area (Å²) in [6.07, 6.45) is 1.47. The summed E-state index contributed by atoms with van der Waals surface area (Å²) in [5, 5.41) is 2.84. The van der Waals surface area contributed by atoms with E-state index in [2.05, 4.69) is 5.32 Å². The Balaban J connectivity index is 1.99. The lowest BCUT2D eigenvalue weighted by Crippen LogP contribution is -2.26. The maximum Gasteiger partial charge on any atom is 0.253 e. The Bertz CT molecular complexity index is 375. The molecule has 2 rings (SSSR count). The van der Waals surface area contributed by atoms with Gasteiger partial charge in [0.15, 0.2) is 0 Å². The smallest absolute Gasteiger partial charge is 0.253 e. The van der Waals surface area contributed by atoms with Gasteiger partial charge in [-0.3, -0.25) is 4.79 Å². The molecule has 86 valence electrons. The van der Waals surface area contributed by atoms with Crippen molar-refractivity contribution in [1.82, 2.24) is 0 Å². The molecule has 0 radical (unpaired) electrons. The van der Waals surface area contributed by atoms with E-state index in [4.69, 9.17) is 16.3 Å². The molecule has 4 heteroatoms. The molecule has 1 heterocycles. The van der Waals surface area contributed by atoms with Gasteiger partial charge in [0, 0.05) is 18.2 Å². The molecule has 0 spiro atoms. The summed E-state index contributed by atoms with van der Waals surface area (Å²) in [6, 6.07) is 7.53. The van der Waals surface area contributed by atoms with Gasteiger partial charge in [-0.15, -0.1) is 11.6 Å². The van der Waals surface area contributed by atoms with Crippen LogP contribution in [-0.2, 0) is 15.4 Å². The number of halogens is 1. The van der Waals surface area contributed by atoms with Gasteiger partial charge in [0.05, 0.1) is 0 Å². The van der Waals surface area contributed by atoms with Crippen LogP contribution in [0.5, 0.6) is 0 Å². The van der Waals surface area contributed by atoms with Crippen molar-refractivity contribution in [3.05, 3.63) is 29.8 Å². The highest BCUT2D eigenvalue weighted by Crippen LogP contribution is 2.16. The van der Waals surface area contributed by atoms with Crippen LogP contribution in [0.25, 0.3) is 0 Å². The van der Waals surface area contributed by atoms with Gasteiger partial charge in [-0.05, 0) is 30.5 Å². The number of hydrogen-bond donors (Lipinski definition) is 1. The minimum Gasteiger partial charge on any atom is -0.368 e. The first-order chi connectivity index (χ1) is 7.79. The van der Waals surface area contributed by atoms with Crippen molar-refractivity contribution >= 4 is 23.2 Å². The first-order valence-electron chi connectivity index (χ1n) is 5.37. The fourth-order valence-corrected chi connectivity index (χ4v) is 1.91. The minimum absolute atomic E-state index is 0.0655. The molecule has 1 aliphatic rings. The third-order valence-electron chi connectivity index (χ3n) is 2.57. The molecule has 0 bridgehead atoms. The van der Waals surface area contributed by atoms with Crippen molar-refractivity contribution in [1.29, 1.82) is 0 Å². The van der Waals surface area contributed by atoms with Crippen LogP contribution in [0.3, 0.4) is 0 Å². The summed E-state index contributed by atoms with van der Waals surface area (Å²) in [5.74, 6) is 0.383. The van der Waals surface area contributed by atoms with E-state index in [1.807, 2.05) is 24.3 Å². The van der Waals surface area contributed by atoms with Crippen LogP contribution >= 0.6 is 11.6 Å². The number of carbonyl (C=O) groups is 1. The van der Waals surface area contributed by atoms with Gasteiger partial charge < -0.3 is 10.1 Å². The Morgan fingerprint density at radius 3 is 3.12 bits per heavy atom. The first kappa shape index (κ1) is 11.4. The summed E-state index contributed by atoms with van der Waals surface area (Å²) in [6.45, 7) is 0.680. The molecule has 0 saturated carbocycles. The number of anilines is 1. The van der Waals surface area contributed by atoms with E-state index in [0.29, 0.717) is 12.5 Å². The molecule has 1 N–H and O–H groups in total. The van der Waals surface area contributed by atoms with Crippen LogP contribution in [0.4, 0.5) is 5.69 Å². The monoisotopic (exact) mass is 239 g/mol. The predicted molar refractivity (Wildman–Crippen MR) is 63.6 cm³/mol. The number of amides is 1. The van der Waals surface area contributed by atoms with Gasteiger partial charge in [0.2, 0.25) is 0 Å². The van der Waals surface area contributed by atoms with Crippen molar-refractivity contribution in [3.8, 4) is 0 Å². The van der Waals surface area contributed by atoms with E-state index in [-0.39, 0.29) is 12.0 Å². The zero-order valence-electron chi connectivity index (χ0n) is 8.91. The Labute approximate surface area is 99.7 Å². The average Bonchev–Trinajstić information content (AvgIpc) is 2.83. The van der Waals surface area contributed by atoms with Crippen LogP contribution in [0.1, 0.15) is 18.4 Å². The van der Waals surface area contributed by atoms with Crippen LogP contribution in [0.15, 0.2) is 24.3 Å². The van der Waals surface area contributed by atoms with Gasteiger partial charge in [0.25, 0.3) is 5.91 Å². The number of rotatable bonds is 3. The number of nitrogens with one attached hydrogen (secondary N) is 1. The first-order valence-corrected chi connectivity index (χ1v) is 5.90. The fourth-order valence-electron chi connectivity index (χ4n) is 1.74. The number of ether oxygens (including phenoxy) is 1. The average molecular weight is 240 g/mol. The summed E-state index contributed by atoms with van der Waals surface area (Å²) in [5.41, 5.74) is 1.77. The van der Waals surface area contributed by atoms with E-state index in [1.165, 1.54) is 0 Å². The van der Waals surface area contributed by atoms with Crippen LogP contribution in [-0.4, -0.2) is 18.6 Å². The molecular formula is C12H14ClNO2. The number of hydrogen-bond acceptors (Lipinski definition) is 2. The molecule has 1 aliphatic heterocycles. The molecule has 1 fully saturated rings. The Morgan fingerprint density at radius 2 is 2.44 bits per heavy atom. The highest BCUT2D eigenvalue weighted by atomic mass is 35.5. The fraction of sp³-hybridized carbons (Fsp3) is 0.417. The maximum absolute atomic E-state index is 11.7. The van der Waals surface area contributed by atoms with Crippen molar-refractivity contribution in [2.75, 3.05) is 11.9 Å². The summed E-state index contributed by atoms with van der Waals surface area (Å²) >= 11 is 5.73. The molecule has 3 nitrogen and oxygen atoms in total. The molecule has 1 amide bonds. The molecule has 0 aliphatic carbocycles. The lowest BCUT2D eigenvalue weighted by molar-refractivity contribution is -0.124. The molecular weight excluding hydrogens is 226 g/mol. The number of benzene rings is 1. The number of carbonyl (C=O) groups excluding carboxylic acids is 1. The van der Waals surface area contributed by atoms with Gasteiger partial charge >= 0.3 is 0 Å². The molecule has 0 aromatic heterocycles. The second-order valence-corrected chi connectivity index (χ2v) is 4.09. The van der Waals surface area contributed by atoms with Gasteiger partial charge in [-0.2, -0.15) is 0 Å². The van der Waals surface area contributed by atoms with E-state index in [9.17, 15) is 4.79 Å². The zero-order chi connectivity index (χ0) is 11.4. The lowest BCUT2D eigenvalue weighted by Gasteiger charge is -2.10. The molecule has 1 atom stereocenters. The number of alkyl halides is 1. The van der Waals surface area contributed by atoms with Crippen molar-refractivity contribution in [3.63, 3.8) is 0 Å². The zero-order valence-corrected chi connectivity index (χ0v) is 9.67. The molecule has 1 unspecified atom stereocenters. The van der Waals surface area contributed by atoms with Crippen molar-refractivity contribution in [2.24, 2.45) is 0 Å². The normalized spacial score (nSPS) is 19.7. The lowest BCUT2D eigenvalue weighted by atomic mass is 10.2. The van der Waals surface area contributed by atoms with E-state index in [1.54, 1.807) is 0 Å². The third-order valence-corrected chi connectivity index (χ3v) is 2.88. The van der Waals surface area contributed by atoms with Crippen molar-refractivity contribution < 1.29 is 9.53 Å². The van der Waals surface area contributed by atoms with E-state index >= 15 is 0 Å². The summed E-state index contributed by atoms with van der Waals surface area (Å²) in [4.78, 5) is 11.7. The Kier molecular flexibility index (Phi) is 3.80. The second-order valence-electron chi connectivity index (χ2n) is 3.82. The molecule has 16 heavy (non-hydrogen) atoms. The van der Waals surface area contributed by atoms with Crippen LogP contribution in [0, 0.1) is 0 Å². The van der Waals surface area contributed by atoms with Crippen LogP contribution in [0.2, 0.25) is 0 Å². The minimum atomic E-state index is -0.292. The van der Waals surface area contributed by atoms with Gasteiger partial charge in [-0.1, -0.05) is 12.1 Å². The summed E-state index contributed by atoms with van der Waals surface area (Å²) in [7, 11) is 0. The molecule has 1 saturated heterocycles. The van der Waals surface area contributed by atoms with E-state index < -0.39 is 0 Å². The Morgan fingerprint density at radius 1 is 1.56 bits per heavy atom. The van der Waals surface area contributed by atoms with Gasteiger partial charge in [-0.25, -0.2) is 0 Å². The molecule has 1 aromatic rings. The SMILES string of the molecule is O=C(Nc1cccc(CCl)c1)C1CCCO1. The maximum atomic E-state index is 11.7. The van der Waals surface area contributed by atoms with Gasteiger partial charge in [0.1, 0.15) is 6.10 Å². The highest BCUT2D eigenvalue weighted by Gasteiger charge is 2.23. The molecule has 1 aromatic carbocycles.